The third-order valence-corrected chi connectivity index (χ3v) is 9.98. The molecular formula is C31H42N9O11S2+. The number of β-lactam (4-membered cyclic amide) rings is 1. The number of nitrogen functional groups attached to an aromatic ring is 1. The van der Waals surface area contributed by atoms with Gasteiger partial charge in [-0.25, -0.2) is 9.78 Å². The van der Waals surface area contributed by atoms with Crippen LogP contribution in [-0.2, 0) is 53.4 Å². The number of rotatable bonds is 16. The Morgan fingerprint density at radius 1 is 1.30 bits per heavy atom. The van der Waals surface area contributed by atoms with Gasteiger partial charge in [0.2, 0.25) is 6.20 Å². The summed E-state index contributed by atoms with van der Waals surface area (Å²) < 4.78 is 45.8. The van der Waals surface area contributed by atoms with Crippen molar-refractivity contribution < 1.29 is 56.1 Å². The van der Waals surface area contributed by atoms with E-state index < -0.39 is 63.3 Å². The standard InChI is InChI=1S/C31H41N9O11S2/c1-30(2)25(27(43)40(30)51-53(46,47)48)36-26(42)24(21-16-52-29(34)35-21)37-50-31(3,28(44)45)23-8-6-18-11-17(5-7-22(18)49-23)19-13-38(10-4-9-32)39(14-19)15-20(41)12-33/h5,7,11,13-14,16,20,23,25,41H,4,6,8-10,12,15,32-33H2,1-3H3,(H4-,34,35,36,42,44,45,46,47,48)/p+1/b37-24-/t20-,23?,25?,31?/m0/s1. The molecule has 20 nitrogen and oxygen atoms in total. The van der Waals surface area contributed by atoms with Gasteiger partial charge in [-0.15, -0.1) is 20.3 Å². The molecule has 3 unspecified atom stereocenters. The second-order valence-electron chi connectivity index (χ2n) is 13.2. The van der Waals surface area contributed by atoms with Crippen LogP contribution in [0.1, 0.15) is 44.9 Å². The fourth-order valence-electron chi connectivity index (χ4n) is 5.90. The maximum atomic E-state index is 13.5. The molecule has 2 aliphatic heterocycles. The maximum Gasteiger partial charge on any atom is 0.418 e. The van der Waals surface area contributed by atoms with Crippen molar-refractivity contribution in [3.63, 3.8) is 0 Å². The first-order valence-corrected chi connectivity index (χ1v) is 18.6. The van der Waals surface area contributed by atoms with Gasteiger partial charge in [0.15, 0.2) is 23.5 Å². The molecule has 10 N–H and O–H groups in total. The number of carbonyl (C=O) groups is 3. The van der Waals surface area contributed by atoms with E-state index in [2.05, 4.69) is 19.7 Å². The first kappa shape index (κ1) is 39.5. The van der Waals surface area contributed by atoms with Crippen LogP contribution in [0.4, 0.5) is 5.13 Å². The van der Waals surface area contributed by atoms with Crippen molar-refractivity contribution in [2.45, 2.75) is 82.5 Å². The SMILES string of the molecule is CC(O/N=C(\C(=O)NC1C(=O)N(OS(=O)(=O)O)C1(C)C)c1csc(N)n1)(C(=O)O)C1CCc2cc(-c3cn(C[C@@H](O)CN)[n+](CCCN)c3)ccc2O1. The number of aliphatic carboxylic acids is 1. The van der Waals surface area contributed by atoms with Gasteiger partial charge in [-0.1, -0.05) is 11.2 Å². The summed E-state index contributed by atoms with van der Waals surface area (Å²) in [6.07, 6.45) is 3.38. The zero-order chi connectivity index (χ0) is 38.9. The highest BCUT2D eigenvalue weighted by Crippen LogP contribution is 2.37. The molecule has 3 aromatic rings. The number of nitrogens with two attached hydrogens (primary N) is 3. The quantitative estimate of drug-likeness (QED) is 0.0300. The lowest BCUT2D eigenvalue weighted by Crippen LogP contribution is -2.76. The van der Waals surface area contributed by atoms with Gasteiger partial charge in [0.05, 0.1) is 23.4 Å². The summed E-state index contributed by atoms with van der Waals surface area (Å²) in [6.45, 7) is 5.52. The lowest BCUT2D eigenvalue weighted by atomic mass is 9.84. The number of thiazole rings is 1. The molecule has 0 aliphatic carbocycles. The molecule has 0 spiro atoms. The number of nitrogens with zero attached hydrogens (tertiary/aromatic N) is 5. The van der Waals surface area contributed by atoms with Crippen LogP contribution in [0.5, 0.6) is 5.75 Å². The Hall–Kier alpha value is -4.71. The summed E-state index contributed by atoms with van der Waals surface area (Å²) in [4.78, 5) is 48.6. The van der Waals surface area contributed by atoms with Crippen LogP contribution >= 0.6 is 11.3 Å². The number of hydroxylamine groups is 2. The van der Waals surface area contributed by atoms with Crippen LogP contribution in [0, 0.1) is 0 Å². The molecule has 288 valence electrons. The second kappa shape index (κ2) is 15.3. The van der Waals surface area contributed by atoms with Gasteiger partial charge in [-0.3, -0.25) is 14.1 Å². The zero-order valence-electron chi connectivity index (χ0n) is 29.0. The third kappa shape index (κ3) is 8.43. The van der Waals surface area contributed by atoms with Crippen LogP contribution in [0.25, 0.3) is 11.1 Å². The molecule has 5 rings (SSSR count). The molecular weight excluding hydrogens is 739 g/mol. The van der Waals surface area contributed by atoms with Crippen molar-refractivity contribution >= 4 is 50.4 Å². The number of oxime groups is 1. The smallest absolute Gasteiger partial charge is 0.418 e. The lowest BCUT2D eigenvalue weighted by molar-refractivity contribution is -0.775. The predicted molar refractivity (Wildman–Crippen MR) is 187 cm³/mol. The lowest BCUT2D eigenvalue weighted by Gasteiger charge is -2.50. The number of ether oxygens (including phenoxy) is 1. The number of carboxylic acids is 1. The Balaban J connectivity index is 1.36. The number of anilines is 1. The van der Waals surface area contributed by atoms with E-state index in [4.69, 9.17) is 31.3 Å². The minimum Gasteiger partial charge on any atom is -0.485 e. The fourth-order valence-corrected chi connectivity index (χ4v) is 6.90. The molecule has 2 aromatic heterocycles. The number of benzene rings is 1. The summed E-state index contributed by atoms with van der Waals surface area (Å²) in [7, 11) is -5.04. The van der Waals surface area contributed by atoms with E-state index in [9.17, 15) is 33.0 Å². The number of fused-ring (bicyclic) bond motifs is 1. The van der Waals surface area contributed by atoms with Crippen LogP contribution in [0.3, 0.4) is 0 Å². The number of carboxylic acid groups (broad SMARTS) is 1. The summed E-state index contributed by atoms with van der Waals surface area (Å²) in [5.74, 6) is -3.05. The molecule has 1 aromatic carbocycles. The van der Waals surface area contributed by atoms with Gasteiger partial charge in [0.1, 0.15) is 24.0 Å². The molecule has 53 heavy (non-hydrogen) atoms. The predicted octanol–water partition coefficient (Wildman–Crippen LogP) is -1.05. The summed E-state index contributed by atoms with van der Waals surface area (Å²) in [5.41, 5.74) is 15.5. The molecule has 4 atom stereocenters. The van der Waals surface area contributed by atoms with Crippen molar-refractivity contribution in [2.24, 2.45) is 16.6 Å². The summed E-state index contributed by atoms with van der Waals surface area (Å²) in [5, 5.41) is 28.6. The van der Waals surface area contributed by atoms with Crippen molar-refractivity contribution in [3.05, 3.63) is 47.2 Å². The third-order valence-electron chi connectivity index (χ3n) is 8.97. The normalized spacial score (nSPS) is 20.1. The Labute approximate surface area is 308 Å². The topological polar surface area (TPSA) is 301 Å². The number of aliphatic hydroxyl groups is 1. The molecule has 22 heteroatoms. The number of hydrogen-bond donors (Lipinski definition) is 7. The summed E-state index contributed by atoms with van der Waals surface area (Å²) >= 11 is 0.960. The monoisotopic (exact) mass is 780 g/mol. The Morgan fingerprint density at radius 2 is 2.04 bits per heavy atom. The summed E-state index contributed by atoms with van der Waals surface area (Å²) in [6, 6.07) is 4.14. The second-order valence-corrected chi connectivity index (χ2v) is 15.1. The minimum atomic E-state index is -5.04. The van der Waals surface area contributed by atoms with Gasteiger partial charge in [-0.2, -0.15) is 18.2 Å². The van der Waals surface area contributed by atoms with Crippen LogP contribution in [-0.4, -0.2) is 104 Å². The first-order chi connectivity index (χ1) is 24.9. The number of amides is 2. The van der Waals surface area contributed by atoms with Crippen molar-refractivity contribution in [3.8, 4) is 16.9 Å². The number of hydrogen-bond acceptors (Lipinski definition) is 15. The number of aryl methyl sites for hydroxylation is 2. The first-order valence-electron chi connectivity index (χ1n) is 16.4. The average Bonchev–Trinajstić information content (AvgIpc) is 3.72. The van der Waals surface area contributed by atoms with Gasteiger partial charge in [0.25, 0.3) is 17.4 Å². The van der Waals surface area contributed by atoms with E-state index in [-0.39, 0.29) is 23.8 Å². The van der Waals surface area contributed by atoms with Gasteiger partial charge in [0, 0.05) is 18.3 Å². The number of nitrogens with one attached hydrogen (secondary N) is 1. The van der Waals surface area contributed by atoms with E-state index in [1.54, 1.807) is 6.07 Å². The Morgan fingerprint density at radius 3 is 2.64 bits per heavy atom. The van der Waals surface area contributed by atoms with Crippen molar-refractivity contribution in [2.75, 3.05) is 18.8 Å². The maximum absolute atomic E-state index is 13.5. The number of aromatic nitrogens is 3. The molecule has 2 aliphatic rings. The molecule has 0 radical (unpaired) electrons. The Bertz CT molecular complexity index is 2020. The highest BCUT2D eigenvalue weighted by Gasteiger charge is 2.58. The zero-order valence-corrected chi connectivity index (χ0v) is 30.7. The molecule has 0 saturated carbocycles. The number of aliphatic hydroxyl groups excluding tert-OH is 1. The van der Waals surface area contributed by atoms with E-state index in [0.29, 0.717) is 36.9 Å². The van der Waals surface area contributed by atoms with E-state index in [1.165, 1.54) is 26.2 Å². The van der Waals surface area contributed by atoms with Gasteiger partial charge in [-0.05, 0) is 63.4 Å². The van der Waals surface area contributed by atoms with Gasteiger partial charge < -0.3 is 42.3 Å². The molecule has 4 heterocycles. The average molecular weight is 781 g/mol. The van der Waals surface area contributed by atoms with Gasteiger partial charge >= 0.3 is 16.4 Å². The molecule has 1 fully saturated rings. The highest BCUT2D eigenvalue weighted by atomic mass is 32.3. The van der Waals surface area contributed by atoms with Crippen LogP contribution < -0.4 is 31.9 Å². The highest BCUT2D eigenvalue weighted by molar-refractivity contribution is 7.80. The fraction of sp³-hybridized carbons (Fsp3) is 0.484. The molecule has 2 amide bonds. The minimum absolute atomic E-state index is 0.0518. The largest absolute Gasteiger partial charge is 0.485 e. The van der Waals surface area contributed by atoms with Crippen molar-refractivity contribution in [1.29, 1.82) is 0 Å². The molecule has 0 bridgehead atoms. The van der Waals surface area contributed by atoms with E-state index in [1.807, 2.05) is 33.9 Å². The van der Waals surface area contributed by atoms with Crippen LogP contribution in [0.15, 0.2) is 41.1 Å². The van der Waals surface area contributed by atoms with E-state index in [0.717, 1.165) is 34.4 Å². The number of carbonyl (C=O) groups excluding carboxylic acids is 2. The van der Waals surface area contributed by atoms with E-state index >= 15 is 0 Å². The van der Waals surface area contributed by atoms with Crippen LogP contribution in [0.2, 0.25) is 0 Å². The molecule has 1 saturated heterocycles. The van der Waals surface area contributed by atoms with Crippen molar-refractivity contribution in [1.82, 2.24) is 20.0 Å². The Kier molecular flexibility index (Phi) is 11.4.